The van der Waals surface area contributed by atoms with E-state index >= 15 is 0 Å². The van der Waals surface area contributed by atoms with Gasteiger partial charge in [0.05, 0.1) is 23.5 Å². The lowest BCUT2D eigenvalue weighted by atomic mass is 10.2. The maximum absolute atomic E-state index is 11.9. The quantitative estimate of drug-likeness (QED) is 0.734. The molecule has 0 aromatic carbocycles. The van der Waals surface area contributed by atoms with Crippen molar-refractivity contribution >= 4 is 33.2 Å². The molecule has 1 unspecified atom stereocenters. The molecular formula is C11H17N3O5S2. The summed E-state index contributed by atoms with van der Waals surface area (Å²) in [7, 11) is -1.78. The van der Waals surface area contributed by atoms with Crippen molar-refractivity contribution < 1.29 is 23.1 Å². The summed E-state index contributed by atoms with van der Waals surface area (Å²) in [6.45, 7) is 0.244. The molecule has 1 heterocycles. The second-order valence-corrected chi connectivity index (χ2v) is 7.57. The normalized spacial score (nSPS) is 12.7. The standard InChI is InChI=1S/C11H17N3O5S2/c1-14(5-8-6-20-7-12-8)11(17)13-9(10(15)16)3-4-21(2,18)19/h6-7,9H,3-5H2,1-2H3,(H,13,17)(H,15,16). The summed E-state index contributed by atoms with van der Waals surface area (Å²) in [5, 5.41) is 13.1. The Balaban J connectivity index is 2.57. The van der Waals surface area contributed by atoms with E-state index in [4.69, 9.17) is 5.11 Å². The Bertz CT molecular complexity index is 585. The second kappa shape index (κ2) is 7.36. The predicted octanol–water partition coefficient (Wildman–Crippen LogP) is 0.172. The van der Waals surface area contributed by atoms with Crippen LogP contribution >= 0.6 is 11.3 Å². The largest absolute Gasteiger partial charge is 0.480 e. The fourth-order valence-corrected chi connectivity index (χ4v) is 2.69. The molecule has 21 heavy (non-hydrogen) atoms. The van der Waals surface area contributed by atoms with Gasteiger partial charge in [-0.3, -0.25) is 0 Å². The van der Waals surface area contributed by atoms with Gasteiger partial charge >= 0.3 is 12.0 Å². The van der Waals surface area contributed by atoms with E-state index in [0.29, 0.717) is 5.69 Å². The fourth-order valence-electron chi connectivity index (χ4n) is 1.48. The summed E-state index contributed by atoms with van der Waals surface area (Å²) in [5.74, 6) is -1.57. The molecule has 0 aliphatic heterocycles. The summed E-state index contributed by atoms with van der Waals surface area (Å²) in [5.41, 5.74) is 2.33. The van der Waals surface area contributed by atoms with Crippen LogP contribution in [0.5, 0.6) is 0 Å². The third-order valence-electron chi connectivity index (χ3n) is 2.60. The molecule has 0 radical (unpaired) electrons. The Kier molecular flexibility index (Phi) is 6.09. The third kappa shape index (κ3) is 6.54. The molecule has 0 saturated carbocycles. The Labute approximate surface area is 126 Å². The smallest absolute Gasteiger partial charge is 0.326 e. The first kappa shape index (κ1) is 17.4. The zero-order valence-corrected chi connectivity index (χ0v) is 13.3. The first-order valence-corrected chi connectivity index (χ1v) is 8.98. The number of aliphatic carboxylic acids is 1. The van der Waals surface area contributed by atoms with Crippen LogP contribution in [-0.2, 0) is 21.2 Å². The van der Waals surface area contributed by atoms with Crippen LogP contribution in [0.25, 0.3) is 0 Å². The monoisotopic (exact) mass is 335 g/mol. The van der Waals surface area contributed by atoms with Crippen molar-refractivity contribution in [3.8, 4) is 0 Å². The molecule has 0 aliphatic rings. The molecule has 0 bridgehead atoms. The number of sulfone groups is 1. The maximum Gasteiger partial charge on any atom is 0.326 e. The van der Waals surface area contributed by atoms with E-state index in [1.165, 1.54) is 23.3 Å². The molecule has 1 atom stereocenters. The van der Waals surface area contributed by atoms with Gasteiger partial charge in [0.1, 0.15) is 15.9 Å². The summed E-state index contributed by atoms with van der Waals surface area (Å²) >= 11 is 1.39. The SMILES string of the molecule is CN(Cc1cscn1)C(=O)NC(CCS(C)(=O)=O)C(=O)O. The number of hydrogen-bond acceptors (Lipinski definition) is 6. The minimum absolute atomic E-state index is 0.176. The molecule has 0 saturated heterocycles. The zero-order valence-electron chi connectivity index (χ0n) is 11.6. The van der Waals surface area contributed by atoms with Crippen LogP contribution in [-0.4, -0.2) is 60.5 Å². The van der Waals surface area contributed by atoms with Crippen LogP contribution in [0.2, 0.25) is 0 Å². The van der Waals surface area contributed by atoms with E-state index in [2.05, 4.69) is 10.3 Å². The van der Waals surface area contributed by atoms with Crippen molar-refractivity contribution in [2.75, 3.05) is 19.1 Å². The van der Waals surface area contributed by atoms with Gasteiger partial charge in [0.2, 0.25) is 0 Å². The van der Waals surface area contributed by atoms with E-state index in [1.54, 1.807) is 10.9 Å². The van der Waals surface area contributed by atoms with Crippen molar-refractivity contribution in [1.82, 2.24) is 15.2 Å². The van der Waals surface area contributed by atoms with Crippen LogP contribution < -0.4 is 5.32 Å². The number of aromatic nitrogens is 1. The number of amides is 2. The average molecular weight is 335 g/mol. The number of carbonyl (C=O) groups excluding carboxylic acids is 1. The highest BCUT2D eigenvalue weighted by Crippen LogP contribution is 2.05. The molecule has 2 N–H and O–H groups in total. The van der Waals surface area contributed by atoms with Gasteiger partial charge in [0.25, 0.3) is 0 Å². The van der Waals surface area contributed by atoms with Crippen LogP contribution in [0.4, 0.5) is 4.79 Å². The zero-order chi connectivity index (χ0) is 16.0. The first-order chi connectivity index (χ1) is 9.69. The first-order valence-electron chi connectivity index (χ1n) is 5.98. The Morgan fingerprint density at radius 1 is 1.52 bits per heavy atom. The number of urea groups is 1. The highest BCUT2D eigenvalue weighted by atomic mass is 32.2. The summed E-state index contributed by atoms with van der Waals surface area (Å²) in [6.07, 6.45) is 0.840. The third-order valence-corrected chi connectivity index (χ3v) is 4.22. The van der Waals surface area contributed by atoms with Crippen molar-refractivity contribution in [1.29, 1.82) is 0 Å². The Morgan fingerprint density at radius 2 is 2.19 bits per heavy atom. The van der Waals surface area contributed by atoms with Crippen molar-refractivity contribution in [3.05, 3.63) is 16.6 Å². The molecule has 10 heteroatoms. The van der Waals surface area contributed by atoms with Crippen molar-refractivity contribution in [2.45, 2.75) is 19.0 Å². The number of carboxylic acids is 1. The molecule has 1 rings (SSSR count). The number of rotatable bonds is 7. The number of nitrogens with one attached hydrogen (secondary N) is 1. The van der Waals surface area contributed by atoms with Gasteiger partial charge in [-0.25, -0.2) is 23.0 Å². The van der Waals surface area contributed by atoms with Crippen LogP contribution in [0.1, 0.15) is 12.1 Å². The minimum atomic E-state index is -3.29. The van der Waals surface area contributed by atoms with E-state index in [1.807, 2.05) is 0 Å². The Morgan fingerprint density at radius 3 is 2.67 bits per heavy atom. The lowest BCUT2D eigenvalue weighted by molar-refractivity contribution is -0.139. The van der Waals surface area contributed by atoms with Crippen molar-refractivity contribution in [3.63, 3.8) is 0 Å². The lowest BCUT2D eigenvalue weighted by Gasteiger charge is -2.20. The van der Waals surface area contributed by atoms with Crippen LogP contribution in [0, 0.1) is 0 Å². The van der Waals surface area contributed by atoms with E-state index in [9.17, 15) is 18.0 Å². The van der Waals surface area contributed by atoms with Crippen LogP contribution in [0.15, 0.2) is 10.9 Å². The molecule has 0 aliphatic carbocycles. The van der Waals surface area contributed by atoms with Gasteiger partial charge < -0.3 is 15.3 Å². The molecule has 1 aromatic rings. The number of carboxylic acid groups (broad SMARTS) is 1. The summed E-state index contributed by atoms with van der Waals surface area (Å²) in [6, 6.07) is -1.84. The van der Waals surface area contributed by atoms with Gasteiger partial charge in [-0.15, -0.1) is 11.3 Å². The molecule has 118 valence electrons. The van der Waals surface area contributed by atoms with Gasteiger partial charge in [0, 0.05) is 18.7 Å². The molecule has 8 nitrogen and oxygen atoms in total. The van der Waals surface area contributed by atoms with Crippen molar-refractivity contribution in [2.24, 2.45) is 0 Å². The second-order valence-electron chi connectivity index (χ2n) is 4.59. The van der Waals surface area contributed by atoms with E-state index < -0.39 is 27.9 Å². The number of nitrogens with zero attached hydrogens (tertiary/aromatic N) is 2. The van der Waals surface area contributed by atoms with E-state index in [-0.39, 0.29) is 18.7 Å². The van der Waals surface area contributed by atoms with Gasteiger partial charge in [-0.1, -0.05) is 0 Å². The van der Waals surface area contributed by atoms with E-state index in [0.717, 1.165) is 6.26 Å². The number of hydrogen-bond donors (Lipinski definition) is 2. The molecule has 2 amide bonds. The number of thiazole rings is 1. The molecule has 0 fully saturated rings. The molecule has 0 spiro atoms. The Hall–Kier alpha value is -1.68. The molecular weight excluding hydrogens is 318 g/mol. The summed E-state index contributed by atoms with van der Waals surface area (Å²) in [4.78, 5) is 28.2. The van der Waals surface area contributed by atoms with Gasteiger partial charge in [-0.2, -0.15) is 0 Å². The highest BCUT2D eigenvalue weighted by Gasteiger charge is 2.23. The molecule has 1 aromatic heterocycles. The van der Waals surface area contributed by atoms with Gasteiger partial charge in [-0.05, 0) is 6.42 Å². The minimum Gasteiger partial charge on any atom is -0.480 e. The maximum atomic E-state index is 11.9. The fraction of sp³-hybridized carbons (Fsp3) is 0.545. The summed E-state index contributed by atoms with van der Waals surface area (Å²) < 4.78 is 22.1. The van der Waals surface area contributed by atoms with Crippen LogP contribution in [0.3, 0.4) is 0 Å². The van der Waals surface area contributed by atoms with Gasteiger partial charge in [0.15, 0.2) is 0 Å². The average Bonchev–Trinajstić information content (AvgIpc) is 2.85. The lowest BCUT2D eigenvalue weighted by Crippen LogP contribution is -2.47. The number of carbonyl (C=O) groups is 2. The predicted molar refractivity (Wildman–Crippen MR) is 77.9 cm³/mol. The highest BCUT2D eigenvalue weighted by molar-refractivity contribution is 7.90. The topological polar surface area (TPSA) is 117 Å².